The van der Waals surface area contributed by atoms with Crippen molar-refractivity contribution in [3.05, 3.63) is 35.9 Å². The first-order chi connectivity index (χ1) is 9.31. The van der Waals surface area contributed by atoms with Crippen LogP contribution in [-0.4, -0.2) is 17.5 Å². The minimum Gasteiger partial charge on any atom is -0.460 e. The zero-order valence-corrected chi connectivity index (χ0v) is 12.1. The lowest BCUT2D eigenvalue weighted by atomic mass is 9.96. The maximum atomic E-state index is 12.1. The van der Waals surface area contributed by atoms with Gasteiger partial charge in [-0.05, 0) is 32.8 Å². The fourth-order valence-electron chi connectivity index (χ4n) is 1.77. The van der Waals surface area contributed by atoms with E-state index in [1.165, 1.54) is 0 Å². The molecule has 0 heterocycles. The van der Waals surface area contributed by atoms with E-state index in [2.05, 4.69) is 4.84 Å². The quantitative estimate of drug-likeness (QED) is 0.658. The Balaban J connectivity index is 2.79. The summed E-state index contributed by atoms with van der Waals surface area (Å²) in [5.74, 6) is 3.18. The van der Waals surface area contributed by atoms with Gasteiger partial charge >= 0.3 is 11.9 Å². The highest BCUT2D eigenvalue weighted by molar-refractivity contribution is 5.80. The molecule has 0 aliphatic heterocycles. The van der Waals surface area contributed by atoms with Gasteiger partial charge in [-0.1, -0.05) is 30.3 Å². The molecule has 1 atom stereocenters. The van der Waals surface area contributed by atoms with Gasteiger partial charge in [-0.25, -0.2) is 0 Å². The van der Waals surface area contributed by atoms with Gasteiger partial charge in [-0.15, -0.1) is 0 Å². The van der Waals surface area contributed by atoms with E-state index in [9.17, 15) is 9.59 Å². The van der Waals surface area contributed by atoms with Crippen molar-refractivity contribution < 1.29 is 19.2 Å². The minimum absolute atomic E-state index is 0.0969. The van der Waals surface area contributed by atoms with Crippen LogP contribution in [0.5, 0.6) is 0 Å². The molecule has 0 radical (unpaired) electrons. The first kappa shape index (κ1) is 16.2. The molecule has 0 amide bonds. The van der Waals surface area contributed by atoms with Gasteiger partial charge in [0.15, 0.2) is 0 Å². The molecule has 2 N–H and O–H groups in total. The van der Waals surface area contributed by atoms with Crippen LogP contribution in [-0.2, 0) is 25.6 Å². The molecule has 20 heavy (non-hydrogen) atoms. The molecule has 1 aromatic rings. The molecular weight excluding hydrogens is 258 g/mol. The molecule has 0 unspecified atom stereocenters. The van der Waals surface area contributed by atoms with Gasteiger partial charge in [-0.2, -0.15) is 5.90 Å². The second-order valence-electron chi connectivity index (χ2n) is 5.61. The number of carbonyl (C=O) groups is 2. The van der Waals surface area contributed by atoms with Gasteiger partial charge in [0.25, 0.3) is 0 Å². The van der Waals surface area contributed by atoms with Crippen molar-refractivity contribution in [3.8, 4) is 0 Å². The molecule has 1 rings (SSSR count). The third-order valence-corrected chi connectivity index (χ3v) is 2.61. The van der Waals surface area contributed by atoms with E-state index in [1.54, 1.807) is 20.8 Å². The second-order valence-corrected chi connectivity index (χ2v) is 5.61. The van der Waals surface area contributed by atoms with Crippen LogP contribution in [0.15, 0.2) is 30.3 Å². The number of esters is 1. The van der Waals surface area contributed by atoms with Crippen molar-refractivity contribution in [2.45, 2.75) is 39.2 Å². The summed E-state index contributed by atoms with van der Waals surface area (Å²) in [6.45, 7) is 5.35. The zero-order valence-electron chi connectivity index (χ0n) is 12.1. The lowest BCUT2D eigenvalue weighted by Gasteiger charge is -2.23. The highest BCUT2D eigenvalue weighted by Crippen LogP contribution is 2.18. The Morgan fingerprint density at radius 2 is 1.80 bits per heavy atom. The van der Waals surface area contributed by atoms with Crippen LogP contribution in [0, 0.1) is 5.92 Å². The van der Waals surface area contributed by atoms with Gasteiger partial charge in [0.05, 0.1) is 12.3 Å². The Morgan fingerprint density at radius 1 is 1.20 bits per heavy atom. The van der Waals surface area contributed by atoms with E-state index in [1.807, 2.05) is 30.3 Å². The molecule has 0 fully saturated rings. The summed E-state index contributed by atoms with van der Waals surface area (Å²) in [6.07, 6.45) is 0.311. The van der Waals surface area contributed by atoms with Crippen molar-refractivity contribution in [2.75, 3.05) is 0 Å². The highest BCUT2D eigenvalue weighted by atomic mass is 16.7. The third-order valence-electron chi connectivity index (χ3n) is 2.61. The first-order valence-electron chi connectivity index (χ1n) is 6.48. The number of benzene rings is 1. The predicted octanol–water partition coefficient (Wildman–Crippen LogP) is 1.99. The van der Waals surface area contributed by atoms with Gasteiger partial charge in [0.2, 0.25) is 0 Å². The van der Waals surface area contributed by atoms with E-state index >= 15 is 0 Å². The fourth-order valence-corrected chi connectivity index (χ4v) is 1.77. The summed E-state index contributed by atoms with van der Waals surface area (Å²) < 4.78 is 5.33. The zero-order chi connectivity index (χ0) is 15.2. The van der Waals surface area contributed by atoms with Crippen molar-refractivity contribution in [1.82, 2.24) is 0 Å². The second kappa shape index (κ2) is 7.05. The van der Waals surface area contributed by atoms with Crippen molar-refractivity contribution in [3.63, 3.8) is 0 Å². The first-order valence-corrected chi connectivity index (χ1v) is 6.48. The summed E-state index contributed by atoms with van der Waals surface area (Å²) in [6, 6.07) is 9.43. The van der Waals surface area contributed by atoms with Crippen LogP contribution in [0.3, 0.4) is 0 Å². The summed E-state index contributed by atoms with van der Waals surface area (Å²) >= 11 is 0. The Labute approximate surface area is 119 Å². The summed E-state index contributed by atoms with van der Waals surface area (Å²) in [4.78, 5) is 27.6. The van der Waals surface area contributed by atoms with Crippen molar-refractivity contribution >= 4 is 11.9 Å². The smallest absolute Gasteiger partial charge is 0.325 e. The lowest BCUT2D eigenvalue weighted by Crippen LogP contribution is -2.31. The number of ether oxygens (including phenoxy) is 1. The molecule has 1 aromatic carbocycles. The van der Waals surface area contributed by atoms with Crippen molar-refractivity contribution in [1.29, 1.82) is 0 Å². The van der Waals surface area contributed by atoms with Crippen LogP contribution in [0.1, 0.15) is 32.8 Å². The standard InChI is InChI=1S/C15H21NO4/c1-15(2,3)19-14(18)12(10-13(17)20-16)9-11-7-5-4-6-8-11/h4-8,12H,9-10,16H2,1-3H3/t12-/m1/s1. The molecule has 0 saturated heterocycles. The normalized spacial score (nSPS) is 12.6. The molecule has 5 heteroatoms. The monoisotopic (exact) mass is 279 g/mol. The maximum Gasteiger partial charge on any atom is 0.325 e. The van der Waals surface area contributed by atoms with E-state index in [0.717, 1.165) is 5.56 Å². The third kappa shape index (κ3) is 5.84. The summed E-state index contributed by atoms with van der Waals surface area (Å²) in [5.41, 5.74) is 0.353. The van der Waals surface area contributed by atoms with Gasteiger partial charge in [0.1, 0.15) is 5.60 Å². The molecular formula is C15H21NO4. The Hall–Kier alpha value is -1.88. The number of hydrogen-bond acceptors (Lipinski definition) is 5. The fraction of sp³-hybridized carbons (Fsp3) is 0.467. The molecule has 0 spiro atoms. The summed E-state index contributed by atoms with van der Waals surface area (Å²) in [7, 11) is 0. The minimum atomic E-state index is -0.628. The lowest BCUT2D eigenvalue weighted by molar-refractivity contribution is -0.164. The summed E-state index contributed by atoms with van der Waals surface area (Å²) in [5, 5.41) is 0. The van der Waals surface area contributed by atoms with Crippen molar-refractivity contribution in [2.24, 2.45) is 11.8 Å². The van der Waals surface area contributed by atoms with E-state index in [4.69, 9.17) is 10.6 Å². The van der Waals surface area contributed by atoms with Crippen LogP contribution in [0.4, 0.5) is 0 Å². The molecule has 5 nitrogen and oxygen atoms in total. The Bertz CT molecular complexity index is 451. The van der Waals surface area contributed by atoms with Crippen LogP contribution < -0.4 is 5.90 Å². The maximum absolute atomic E-state index is 12.1. The predicted molar refractivity (Wildman–Crippen MR) is 74.4 cm³/mol. The highest BCUT2D eigenvalue weighted by Gasteiger charge is 2.28. The Morgan fingerprint density at radius 3 is 2.30 bits per heavy atom. The average molecular weight is 279 g/mol. The van der Waals surface area contributed by atoms with Crippen LogP contribution in [0.25, 0.3) is 0 Å². The topological polar surface area (TPSA) is 78.6 Å². The number of carbonyl (C=O) groups excluding carboxylic acids is 2. The largest absolute Gasteiger partial charge is 0.460 e. The molecule has 0 aliphatic carbocycles. The molecule has 0 bridgehead atoms. The van der Waals surface area contributed by atoms with Gasteiger partial charge in [0, 0.05) is 0 Å². The number of nitrogens with two attached hydrogens (primary N) is 1. The molecule has 0 aromatic heterocycles. The number of hydrogen-bond donors (Lipinski definition) is 1. The van der Waals surface area contributed by atoms with Gasteiger partial charge < -0.3 is 9.57 Å². The SMILES string of the molecule is CC(C)(C)OC(=O)[C@@H](CC(=O)ON)Cc1ccccc1. The van der Waals surface area contributed by atoms with E-state index < -0.39 is 23.5 Å². The van der Waals surface area contributed by atoms with E-state index in [0.29, 0.717) is 6.42 Å². The molecule has 0 saturated carbocycles. The average Bonchev–Trinajstić information content (AvgIpc) is 2.37. The van der Waals surface area contributed by atoms with Gasteiger partial charge in [-0.3, -0.25) is 9.59 Å². The van der Waals surface area contributed by atoms with Crippen LogP contribution in [0.2, 0.25) is 0 Å². The molecule has 0 aliphatic rings. The number of rotatable bonds is 5. The molecule has 110 valence electrons. The Kier molecular flexibility index (Phi) is 5.70. The van der Waals surface area contributed by atoms with E-state index in [-0.39, 0.29) is 6.42 Å². The van der Waals surface area contributed by atoms with Crippen LogP contribution >= 0.6 is 0 Å².